The quantitative estimate of drug-likeness (QED) is 0.752. The van der Waals surface area contributed by atoms with Gasteiger partial charge in [-0.05, 0) is 37.3 Å². The molecule has 1 heterocycles. The monoisotopic (exact) mass is 395 g/mol. The minimum Gasteiger partial charge on any atom is -0.469 e. The molecule has 2 N–H and O–H groups in total. The van der Waals surface area contributed by atoms with Crippen LogP contribution in [0.2, 0.25) is 0 Å². The smallest absolute Gasteiger partial charge is 0.416 e. The summed E-state index contributed by atoms with van der Waals surface area (Å²) in [5.74, 6) is -0.779. The van der Waals surface area contributed by atoms with Crippen LogP contribution >= 0.6 is 0 Å². The fourth-order valence-electron chi connectivity index (χ4n) is 2.31. The van der Waals surface area contributed by atoms with E-state index in [0.29, 0.717) is 17.9 Å². The highest BCUT2D eigenvalue weighted by molar-refractivity contribution is 5.94. The third-order valence-electron chi connectivity index (χ3n) is 3.61. The van der Waals surface area contributed by atoms with Crippen molar-refractivity contribution in [2.45, 2.75) is 31.3 Å². The van der Waals surface area contributed by atoms with Crippen molar-refractivity contribution < 1.29 is 40.7 Å². The lowest BCUT2D eigenvalue weighted by Gasteiger charge is -2.23. The zero-order chi connectivity index (χ0) is 20.5. The SMILES string of the molecule is CC(O)(CNC(=O)c1cc(C(F)(F)F)cc(C(F)(F)F)c1)Cc1ccco1. The lowest BCUT2D eigenvalue weighted by atomic mass is 10.00. The summed E-state index contributed by atoms with van der Waals surface area (Å²) in [5, 5.41) is 12.4. The summed E-state index contributed by atoms with van der Waals surface area (Å²) >= 11 is 0. The summed E-state index contributed by atoms with van der Waals surface area (Å²) in [7, 11) is 0. The molecule has 0 radical (unpaired) electrons. The lowest BCUT2D eigenvalue weighted by molar-refractivity contribution is -0.143. The Morgan fingerprint density at radius 3 is 2.07 bits per heavy atom. The van der Waals surface area contributed by atoms with Crippen LogP contribution in [0, 0.1) is 0 Å². The molecule has 1 amide bonds. The fourth-order valence-corrected chi connectivity index (χ4v) is 2.31. The number of aliphatic hydroxyl groups is 1. The zero-order valence-corrected chi connectivity index (χ0v) is 13.9. The second-order valence-corrected chi connectivity index (χ2v) is 6.23. The molecule has 0 saturated heterocycles. The third-order valence-corrected chi connectivity index (χ3v) is 3.61. The molecule has 148 valence electrons. The number of hydrogen-bond acceptors (Lipinski definition) is 3. The molecule has 1 aromatic carbocycles. The second-order valence-electron chi connectivity index (χ2n) is 6.23. The molecule has 0 fully saturated rings. The topological polar surface area (TPSA) is 62.5 Å². The molecule has 0 bridgehead atoms. The van der Waals surface area contributed by atoms with Crippen LogP contribution in [0.4, 0.5) is 26.3 Å². The summed E-state index contributed by atoms with van der Waals surface area (Å²) in [6.45, 7) is 0.924. The first kappa shape index (κ1) is 20.8. The van der Waals surface area contributed by atoms with E-state index in [1.807, 2.05) is 0 Å². The van der Waals surface area contributed by atoms with E-state index < -0.39 is 47.1 Å². The first-order chi connectivity index (χ1) is 12.3. The third kappa shape index (κ3) is 5.75. The van der Waals surface area contributed by atoms with E-state index in [1.54, 1.807) is 12.1 Å². The van der Waals surface area contributed by atoms with E-state index in [4.69, 9.17) is 4.42 Å². The largest absolute Gasteiger partial charge is 0.469 e. The van der Waals surface area contributed by atoms with Gasteiger partial charge in [0.1, 0.15) is 5.76 Å². The molecule has 0 saturated carbocycles. The maximum atomic E-state index is 12.8. The summed E-state index contributed by atoms with van der Waals surface area (Å²) in [4.78, 5) is 12.1. The first-order valence-corrected chi connectivity index (χ1v) is 7.60. The fraction of sp³-hybridized carbons (Fsp3) is 0.353. The minimum absolute atomic E-state index is 0.0172. The van der Waals surface area contributed by atoms with Crippen molar-refractivity contribution in [2.75, 3.05) is 6.54 Å². The number of carbonyl (C=O) groups is 1. The molecule has 0 spiro atoms. The Hall–Kier alpha value is -2.49. The molecule has 0 aliphatic heterocycles. The number of alkyl halides is 6. The number of hydrogen-bond donors (Lipinski definition) is 2. The van der Waals surface area contributed by atoms with Gasteiger partial charge in [-0.2, -0.15) is 26.3 Å². The van der Waals surface area contributed by atoms with Crippen LogP contribution in [0.1, 0.15) is 34.2 Å². The van der Waals surface area contributed by atoms with Crippen LogP contribution < -0.4 is 5.32 Å². The van der Waals surface area contributed by atoms with Gasteiger partial charge in [-0.25, -0.2) is 0 Å². The maximum absolute atomic E-state index is 12.8. The summed E-state index contributed by atoms with van der Waals surface area (Å²) in [6, 6.07) is 3.73. The van der Waals surface area contributed by atoms with Crippen molar-refractivity contribution in [3.8, 4) is 0 Å². The van der Waals surface area contributed by atoms with Gasteiger partial charge in [0.05, 0.1) is 23.0 Å². The van der Waals surface area contributed by atoms with Crippen LogP contribution in [-0.4, -0.2) is 23.2 Å². The van der Waals surface area contributed by atoms with Crippen LogP contribution in [0.25, 0.3) is 0 Å². The Bertz CT molecular complexity index is 762. The average molecular weight is 395 g/mol. The Balaban J connectivity index is 2.19. The summed E-state index contributed by atoms with van der Waals surface area (Å²) in [6.07, 6.45) is -8.76. The number of nitrogens with one attached hydrogen (secondary N) is 1. The molecule has 27 heavy (non-hydrogen) atoms. The number of carbonyl (C=O) groups excluding carboxylic acids is 1. The normalized spacial score (nSPS) is 14.7. The standard InChI is InChI=1S/C17H15F6NO3/c1-15(26,8-13-3-2-4-27-13)9-24-14(25)10-5-11(16(18,19)20)7-12(6-10)17(21,22)23/h2-7,26H,8-9H2,1H3,(H,24,25). The Kier molecular flexibility index (Phi) is 5.60. The lowest BCUT2D eigenvalue weighted by Crippen LogP contribution is -2.42. The number of benzene rings is 1. The molecular formula is C17H15F6NO3. The molecule has 2 rings (SSSR count). The van der Waals surface area contributed by atoms with Crippen LogP contribution in [0.3, 0.4) is 0 Å². The molecule has 1 unspecified atom stereocenters. The predicted octanol–water partition coefficient (Wildman–Crippen LogP) is 4.04. The Morgan fingerprint density at radius 2 is 1.63 bits per heavy atom. The highest BCUT2D eigenvalue weighted by atomic mass is 19.4. The van der Waals surface area contributed by atoms with Crippen molar-refractivity contribution in [3.05, 3.63) is 59.0 Å². The highest BCUT2D eigenvalue weighted by Crippen LogP contribution is 2.36. The van der Waals surface area contributed by atoms with Gasteiger partial charge >= 0.3 is 12.4 Å². The van der Waals surface area contributed by atoms with Crippen LogP contribution in [0.15, 0.2) is 41.0 Å². The molecule has 0 aliphatic carbocycles. The number of halogens is 6. The van der Waals surface area contributed by atoms with E-state index in [9.17, 15) is 36.2 Å². The minimum atomic E-state index is -5.05. The summed E-state index contributed by atoms with van der Waals surface area (Å²) < 4.78 is 82.1. The molecular weight excluding hydrogens is 380 g/mol. The Labute approximate surface area is 149 Å². The van der Waals surface area contributed by atoms with Crippen molar-refractivity contribution >= 4 is 5.91 Å². The van der Waals surface area contributed by atoms with Gasteiger partial charge in [0.15, 0.2) is 0 Å². The van der Waals surface area contributed by atoms with E-state index in [2.05, 4.69) is 5.32 Å². The van der Waals surface area contributed by atoms with Gasteiger partial charge in [-0.3, -0.25) is 4.79 Å². The van der Waals surface area contributed by atoms with Gasteiger partial charge in [0, 0.05) is 18.5 Å². The predicted molar refractivity (Wildman–Crippen MR) is 81.8 cm³/mol. The van der Waals surface area contributed by atoms with Crippen molar-refractivity contribution in [1.82, 2.24) is 5.32 Å². The zero-order valence-electron chi connectivity index (χ0n) is 13.9. The van der Waals surface area contributed by atoms with E-state index in [-0.39, 0.29) is 12.5 Å². The van der Waals surface area contributed by atoms with E-state index in [1.165, 1.54) is 13.2 Å². The molecule has 1 aromatic heterocycles. The second kappa shape index (κ2) is 7.26. The highest BCUT2D eigenvalue weighted by Gasteiger charge is 2.37. The average Bonchev–Trinajstić information content (AvgIpc) is 3.02. The number of furan rings is 1. The van der Waals surface area contributed by atoms with Crippen LogP contribution in [0.5, 0.6) is 0 Å². The first-order valence-electron chi connectivity index (χ1n) is 7.60. The van der Waals surface area contributed by atoms with Crippen molar-refractivity contribution in [1.29, 1.82) is 0 Å². The summed E-state index contributed by atoms with van der Waals surface area (Å²) in [5.41, 5.74) is -5.53. The molecule has 4 nitrogen and oxygen atoms in total. The van der Waals surface area contributed by atoms with Gasteiger partial charge in [-0.15, -0.1) is 0 Å². The van der Waals surface area contributed by atoms with Gasteiger partial charge in [0.25, 0.3) is 5.91 Å². The van der Waals surface area contributed by atoms with Crippen molar-refractivity contribution in [2.24, 2.45) is 0 Å². The number of rotatable bonds is 5. The molecule has 1 atom stereocenters. The van der Waals surface area contributed by atoms with Crippen LogP contribution in [-0.2, 0) is 18.8 Å². The van der Waals surface area contributed by atoms with Gasteiger partial charge in [0.2, 0.25) is 0 Å². The van der Waals surface area contributed by atoms with Gasteiger partial charge < -0.3 is 14.8 Å². The molecule has 0 aliphatic rings. The maximum Gasteiger partial charge on any atom is 0.416 e. The van der Waals surface area contributed by atoms with E-state index >= 15 is 0 Å². The number of amides is 1. The van der Waals surface area contributed by atoms with Crippen molar-refractivity contribution in [3.63, 3.8) is 0 Å². The Morgan fingerprint density at radius 1 is 1.07 bits per heavy atom. The molecule has 10 heteroatoms. The molecule has 2 aromatic rings. The van der Waals surface area contributed by atoms with E-state index in [0.717, 1.165) is 0 Å². The van der Waals surface area contributed by atoms with Gasteiger partial charge in [-0.1, -0.05) is 0 Å².